The van der Waals surface area contributed by atoms with Crippen LogP contribution in [0.3, 0.4) is 0 Å². The van der Waals surface area contributed by atoms with Crippen LogP contribution in [-0.4, -0.2) is 39.6 Å². The fraction of sp³-hybridized carbons (Fsp3) is 0.357. The summed E-state index contributed by atoms with van der Waals surface area (Å²) in [6.45, 7) is -0.167. The Bertz CT molecular complexity index is 934. The third-order valence-corrected chi connectivity index (χ3v) is 5.11. The van der Waals surface area contributed by atoms with Crippen LogP contribution >= 0.6 is 34.8 Å². The van der Waals surface area contributed by atoms with Gasteiger partial charge < -0.3 is 19.5 Å². The number of rotatable bonds is 3. The Morgan fingerprint density at radius 2 is 1.96 bits per heavy atom. The van der Waals surface area contributed by atoms with E-state index < -0.39 is 24.5 Å². The topological polar surface area (TPSA) is 127 Å². The van der Waals surface area contributed by atoms with E-state index in [1.54, 1.807) is 0 Å². The molecule has 25 heavy (non-hydrogen) atoms. The minimum absolute atomic E-state index is 0.0107. The molecule has 0 aliphatic carbocycles. The molecule has 2 aromatic rings. The van der Waals surface area contributed by atoms with Crippen LogP contribution in [0, 0.1) is 11.3 Å². The predicted octanol–water partition coefficient (Wildman–Crippen LogP) is 3.40. The monoisotopic (exact) mass is 401 g/mol. The normalized spacial score (nSPS) is 25.8. The first-order valence-corrected chi connectivity index (χ1v) is 8.15. The number of aromatic nitrogens is 1. The summed E-state index contributed by atoms with van der Waals surface area (Å²) >= 11 is 18.4. The number of hydrogen-bond acceptors (Lipinski definition) is 5. The molecule has 3 rings (SSSR count). The third-order valence-electron chi connectivity index (χ3n) is 4.01. The summed E-state index contributed by atoms with van der Waals surface area (Å²) in [6, 6.07) is 4.97. The van der Waals surface area contributed by atoms with Crippen LogP contribution in [0.15, 0.2) is 17.2 Å². The molecule has 1 aliphatic rings. The number of halogens is 3. The highest BCUT2D eigenvalue weighted by atomic mass is 35.5. The van der Waals surface area contributed by atoms with Crippen LogP contribution < -0.4 is 0 Å². The second-order valence-electron chi connectivity index (χ2n) is 5.39. The molecule has 1 fully saturated rings. The number of benzene rings is 1. The number of aliphatic hydroxyl groups excluding tert-OH is 2. The van der Waals surface area contributed by atoms with Crippen molar-refractivity contribution < 1.29 is 14.9 Å². The van der Waals surface area contributed by atoms with Crippen LogP contribution in [0.1, 0.15) is 11.8 Å². The maximum atomic E-state index is 10.3. The van der Waals surface area contributed by atoms with Crippen LogP contribution in [0.25, 0.3) is 21.3 Å². The SMILES string of the molecule is N#Cc1c(Cl)n([C@@H]2O[C@H](CN=[N+]=[N-])C(O)C2O)c2cc(Cl)c(Cl)cc12. The van der Waals surface area contributed by atoms with Gasteiger partial charge in [-0.3, -0.25) is 0 Å². The van der Waals surface area contributed by atoms with Crippen LogP contribution in [-0.2, 0) is 4.74 Å². The van der Waals surface area contributed by atoms with Gasteiger partial charge in [-0.05, 0) is 17.7 Å². The summed E-state index contributed by atoms with van der Waals surface area (Å²) < 4.78 is 6.98. The molecule has 0 radical (unpaired) electrons. The van der Waals surface area contributed by atoms with Gasteiger partial charge in [0.2, 0.25) is 0 Å². The number of fused-ring (bicyclic) bond motifs is 1. The van der Waals surface area contributed by atoms with Crippen LogP contribution in [0.2, 0.25) is 15.2 Å². The van der Waals surface area contributed by atoms with Crippen molar-refractivity contribution in [2.24, 2.45) is 5.11 Å². The Morgan fingerprint density at radius 1 is 1.28 bits per heavy atom. The van der Waals surface area contributed by atoms with Gasteiger partial charge in [-0.2, -0.15) is 5.26 Å². The lowest BCUT2D eigenvalue weighted by Crippen LogP contribution is -2.32. The third kappa shape index (κ3) is 2.90. The van der Waals surface area contributed by atoms with Crippen molar-refractivity contribution in [1.29, 1.82) is 5.26 Å². The van der Waals surface area contributed by atoms with Gasteiger partial charge >= 0.3 is 0 Å². The number of aliphatic hydroxyl groups is 2. The summed E-state index contributed by atoms with van der Waals surface area (Å²) in [5, 5.41) is 34.1. The van der Waals surface area contributed by atoms with Gasteiger partial charge in [0.05, 0.1) is 33.8 Å². The first-order chi connectivity index (χ1) is 11.9. The van der Waals surface area contributed by atoms with Gasteiger partial charge in [0, 0.05) is 10.3 Å². The summed E-state index contributed by atoms with van der Waals surface area (Å²) in [5.74, 6) is 0. The van der Waals surface area contributed by atoms with Crippen LogP contribution in [0.4, 0.5) is 0 Å². The fourth-order valence-electron chi connectivity index (χ4n) is 2.84. The lowest BCUT2D eigenvalue weighted by atomic mass is 10.1. The van der Waals surface area contributed by atoms with E-state index in [0.717, 1.165) is 0 Å². The Hall–Kier alpha value is -1.69. The van der Waals surface area contributed by atoms with Gasteiger partial charge in [-0.25, -0.2) is 0 Å². The van der Waals surface area contributed by atoms with E-state index in [4.69, 9.17) is 45.1 Å². The van der Waals surface area contributed by atoms with Crippen molar-refractivity contribution in [3.63, 3.8) is 0 Å². The number of azide groups is 1. The molecule has 0 saturated carbocycles. The molecule has 11 heteroatoms. The standard InChI is InChI=1S/C14H10Cl3N5O3/c15-7-1-5-6(3-18)13(17)22(9(5)2-8(7)16)14-12(24)11(23)10(25-14)4-20-21-19/h1-2,10-12,14,23-24H,4H2/t10-,11?,12?,14-/m1/s1. The molecular weight excluding hydrogens is 393 g/mol. The van der Waals surface area contributed by atoms with E-state index >= 15 is 0 Å². The largest absolute Gasteiger partial charge is 0.388 e. The highest BCUT2D eigenvalue weighted by Crippen LogP contribution is 2.41. The Labute approximate surface area is 156 Å². The van der Waals surface area contributed by atoms with E-state index in [9.17, 15) is 15.5 Å². The van der Waals surface area contributed by atoms with Crippen molar-refractivity contribution in [2.45, 2.75) is 24.5 Å². The average molecular weight is 403 g/mol. The van der Waals surface area contributed by atoms with Gasteiger partial charge in [-0.1, -0.05) is 39.9 Å². The zero-order chi connectivity index (χ0) is 18.3. The minimum atomic E-state index is -1.35. The zero-order valence-corrected chi connectivity index (χ0v) is 14.6. The maximum Gasteiger partial charge on any atom is 0.164 e. The van der Waals surface area contributed by atoms with Gasteiger partial charge in [0.25, 0.3) is 0 Å². The first-order valence-electron chi connectivity index (χ1n) is 7.01. The maximum absolute atomic E-state index is 10.3. The number of ether oxygens (including phenoxy) is 1. The first kappa shape index (κ1) is 18.1. The highest BCUT2D eigenvalue weighted by molar-refractivity contribution is 6.43. The lowest BCUT2D eigenvalue weighted by molar-refractivity contribution is -0.0313. The van der Waals surface area contributed by atoms with Crippen molar-refractivity contribution in [2.75, 3.05) is 6.54 Å². The molecule has 130 valence electrons. The Balaban J connectivity index is 2.16. The second-order valence-corrected chi connectivity index (χ2v) is 6.56. The van der Waals surface area contributed by atoms with E-state index in [0.29, 0.717) is 10.9 Å². The van der Waals surface area contributed by atoms with Crippen molar-refractivity contribution in [3.05, 3.63) is 43.3 Å². The van der Waals surface area contributed by atoms with Crippen LogP contribution in [0.5, 0.6) is 0 Å². The highest BCUT2D eigenvalue weighted by Gasteiger charge is 2.44. The fourth-order valence-corrected chi connectivity index (χ4v) is 3.49. The molecule has 0 amide bonds. The minimum Gasteiger partial charge on any atom is -0.388 e. The van der Waals surface area contributed by atoms with Crippen molar-refractivity contribution in [1.82, 2.24) is 4.57 Å². The molecule has 1 saturated heterocycles. The Kier molecular flexibility index (Phi) is 5.00. The Morgan fingerprint density at radius 3 is 2.60 bits per heavy atom. The zero-order valence-electron chi connectivity index (χ0n) is 12.3. The molecule has 4 atom stereocenters. The predicted molar refractivity (Wildman–Crippen MR) is 91.6 cm³/mol. The molecule has 1 aliphatic heterocycles. The van der Waals surface area contributed by atoms with E-state index in [-0.39, 0.29) is 27.3 Å². The molecular formula is C14H10Cl3N5O3. The average Bonchev–Trinajstić information content (AvgIpc) is 3.00. The summed E-state index contributed by atoms with van der Waals surface area (Å²) in [4.78, 5) is 2.61. The van der Waals surface area contributed by atoms with E-state index in [1.165, 1.54) is 16.7 Å². The summed E-state index contributed by atoms with van der Waals surface area (Å²) in [6.07, 6.45) is -4.66. The molecule has 2 N–H and O–H groups in total. The molecule has 1 aromatic heterocycles. The summed E-state index contributed by atoms with van der Waals surface area (Å²) in [7, 11) is 0. The van der Waals surface area contributed by atoms with Crippen molar-refractivity contribution in [3.8, 4) is 6.07 Å². The molecule has 2 heterocycles. The van der Waals surface area contributed by atoms with Gasteiger partial charge in [0.15, 0.2) is 6.23 Å². The van der Waals surface area contributed by atoms with Crippen molar-refractivity contribution >= 4 is 45.7 Å². The smallest absolute Gasteiger partial charge is 0.164 e. The quantitative estimate of drug-likeness (QED) is 0.463. The van der Waals surface area contributed by atoms with E-state index in [1.807, 2.05) is 6.07 Å². The number of nitriles is 1. The number of hydrogen-bond donors (Lipinski definition) is 2. The van der Waals surface area contributed by atoms with Gasteiger partial charge in [0.1, 0.15) is 23.4 Å². The lowest BCUT2D eigenvalue weighted by Gasteiger charge is -2.19. The molecule has 1 aromatic carbocycles. The molecule has 0 spiro atoms. The molecule has 2 unspecified atom stereocenters. The van der Waals surface area contributed by atoms with E-state index in [2.05, 4.69) is 10.0 Å². The molecule has 0 bridgehead atoms. The molecule has 8 nitrogen and oxygen atoms in total. The van der Waals surface area contributed by atoms with Gasteiger partial charge in [-0.15, -0.1) is 0 Å². The second kappa shape index (κ2) is 6.90. The number of nitrogens with zero attached hydrogens (tertiary/aromatic N) is 5. The summed E-state index contributed by atoms with van der Waals surface area (Å²) in [5.41, 5.74) is 8.96.